The third-order valence-corrected chi connectivity index (χ3v) is 5.65. The number of hydrogen-bond acceptors (Lipinski definition) is 3. The predicted octanol–water partition coefficient (Wildman–Crippen LogP) is 3.77. The molecule has 26 heavy (non-hydrogen) atoms. The van der Waals surface area contributed by atoms with Crippen molar-refractivity contribution in [2.24, 2.45) is 11.3 Å². The summed E-state index contributed by atoms with van der Waals surface area (Å²) in [5.74, 6) is 0.570. The molecule has 1 aliphatic heterocycles. The smallest absolute Gasteiger partial charge is 0.220 e. The highest BCUT2D eigenvalue weighted by Crippen LogP contribution is 2.42. The molecule has 1 saturated heterocycles. The van der Waals surface area contributed by atoms with Crippen LogP contribution in [0.3, 0.4) is 0 Å². The van der Waals surface area contributed by atoms with Crippen LogP contribution >= 0.6 is 11.6 Å². The molecular weight excluding hydrogens is 348 g/mol. The lowest BCUT2D eigenvalue weighted by Gasteiger charge is -2.42. The Morgan fingerprint density at radius 1 is 1.38 bits per heavy atom. The maximum Gasteiger partial charge on any atom is 0.220 e. The molecule has 0 unspecified atom stereocenters. The third-order valence-electron chi connectivity index (χ3n) is 5.28. The van der Waals surface area contributed by atoms with Crippen LogP contribution in [0.15, 0.2) is 24.3 Å². The van der Waals surface area contributed by atoms with E-state index in [1.807, 2.05) is 32.3 Å². The number of hydrogen-bond donors (Lipinski definition) is 1. The average Bonchev–Trinajstić information content (AvgIpc) is 2.56. The van der Waals surface area contributed by atoms with Crippen molar-refractivity contribution in [3.8, 4) is 0 Å². The van der Waals surface area contributed by atoms with E-state index in [1.54, 1.807) is 0 Å². The fourth-order valence-electron chi connectivity index (χ4n) is 3.69. The molecule has 0 aromatic heterocycles. The Hall–Kier alpha value is -1.10. The molecule has 0 bridgehead atoms. The number of halogens is 1. The minimum Gasteiger partial charge on any atom is -0.378 e. The molecule has 4 nitrogen and oxygen atoms in total. The molecule has 1 amide bonds. The van der Waals surface area contributed by atoms with Crippen LogP contribution in [0, 0.1) is 11.3 Å². The minimum absolute atomic E-state index is 0.0968. The van der Waals surface area contributed by atoms with Crippen LogP contribution in [0.4, 0.5) is 0 Å². The van der Waals surface area contributed by atoms with Crippen molar-refractivity contribution >= 4 is 17.5 Å². The molecule has 0 radical (unpaired) electrons. The van der Waals surface area contributed by atoms with Gasteiger partial charge in [-0.1, -0.05) is 43.6 Å². The van der Waals surface area contributed by atoms with E-state index in [0.29, 0.717) is 25.5 Å². The van der Waals surface area contributed by atoms with Gasteiger partial charge in [0.15, 0.2) is 0 Å². The van der Waals surface area contributed by atoms with Crippen molar-refractivity contribution in [1.82, 2.24) is 10.2 Å². The summed E-state index contributed by atoms with van der Waals surface area (Å²) in [6.07, 6.45) is 3.33. The summed E-state index contributed by atoms with van der Waals surface area (Å²) in [7, 11) is 4.02. The highest BCUT2D eigenvalue weighted by Gasteiger charge is 2.40. The maximum atomic E-state index is 12.6. The van der Waals surface area contributed by atoms with Crippen molar-refractivity contribution in [1.29, 1.82) is 0 Å². The summed E-state index contributed by atoms with van der Waals surface area (Å²) < 4.78 is 5.99. The second-order valence-corrected chi connectivity index (χ2v) is 8.61. The summed E-state index contributed by atoms with van der Waals surface area (Å²) in [5.41, 5.74) is 1.03. The van der Waals surface area contributed by atoms with Crippen molar-refractivity contribution in [2.45, 2.75) is 45.6 Å². The van der Waals surface area contributed by atoms with Gasteiger partial charge in [0.1, 0.15) is 0 Å². The first kappa shape index (κ1) is 21.2. The lowest BCUT2D eigenvalue weighted by Crippen LogP contribution is -2.43. The molecule has 146 valence electrons. The van der Waals surface area contributed by atoms with E-state index in [1.165, 1.54) is 0 Å². The second-order valence-electron chi connectivity index (χ2n) is 8.21. The molecule has 0 spiro atoms. The highest BCUT2D eigenvalue weighted by atomic mass is 35.5. The van der Waals surface area contributed by atoms with Gasteiger partial charge < -0.3 is 15.0 Å². The molecule has 1 heterocycles. The Balaban J connectivity index is 2.13. The monoisotopic (exact) mass is 380 g/mol. The van der Waals surface area contributed by atoms with Crippen LogP contribution in [0.2, 0.25) is 5.02 Å². The molecule has 1 N–H and O–H groups in total. The first-order valence-electron chi connectivity index (χ1n) is 9.58. The number of ether oxygens (including phenoxy) is 1. The zero-order valence-electron chi connectivity index (χ0n) is 16.6. The average molecular weight is 381 g/mol. The summed E-state index contributed by atoms with van der Waals surface area (Å²) >= 11 is 6.42. The van der Waals surface area contributed by atoms with Crippen LogP contribution < -0.4 is 5.32 Å². The van der Waals surface area contributed by atoms with Crippen molar-refractivity contribution in [3.63, 3.8) is 0 Å². The number of rotatable bonds is 8. The normalized spacial score (nSPS) is 23.4. The largest absolute Gasteiger partial charge is 0.378 e. The molecule has 1 aromatic carbocycles. The van der Waals surface area contributed by atoms with Gasteiger partial charge in [0, 0.05) is 31.1 Å². The zero-order chi connectivity index (χ0) is 19.2. The summed E-state index contributed by atoms with van der Waals surface area (Å²) in [6.45, 7) is 6.61. The van der Waals surface area contributed by atoms with Crippen LogP contribution in [-0.2, 0) is 16.0 Å². The number of carbonyl (C=O) groups is 1. The fourth-order valence-corrected chi connectivity index (χ4v) is 3.90. The number of amides is 1. The lowest BCUT2D eigenvalue weighted by molar-refractivity contribution is -0.128. The van der Waals surface area contributed by atoms with Gasteiger partial charge in [-0.05, 0) is 56.3 Å². The van der Waals surface area contributed by atoms with E-state index in [-0.39, 0.29) is 17.4 Å². The second kappa shape index (κ2) is 9.72. The van der Waals surface area contributed by atoms with E-state index >= 15 is 0 Å². The number of nitrogens with zero attached hydrogens (tertiary/aromatic N) is 1. The van der Waals surface area contributed by atoms with Crippen molar-refractivity contribution in [3.05, 3.63) is 34.9 Å². The van der Waals surface area contributed by atoms with Gasteiger partial charge in [0.2, 0.25) is 5.91 Å². The van der Waals surface area contributed by atoms with Crippen LogP contribution in [0.1, 0.15) is 38.7 Å². The topological polar surface area (TPSA) is 41.6 Å². The van der Waals surface area contributed by atoms with E-state index in [2.05, 4.69) is 30.1 Å². The summed E-state index contributed by atoms with van der Waals surface area (Å²) in [4.78, 5) is 14.7. The van der Waals surface area contributed by atoms with Crippen molar-refractivity contribution in [2.75, 3.05) is 33.8 Å². The number of likely N-dealkylation sites (N-methyl/N-ethyl adjacent to an activating group) is 1. The van der Waals surface area contributed by atoms with Gasteiger partial charge in [-0.2, -0.15) is 0 Å². The van der Waals surface area contributed by atoms with Gasteiger partial charge in [-0.15, -0.1) is 0 Å². The molecule has 5 heteroatoms. The Kier molecular flexibility index (Phi) is 7.93. The highest BCUT2D eigenvalue weighted by molar-refractivity contribution is 6.31. The Bertz CT molecular complexity index is 591. The first-order chi connectivity index (χ1) is 12.3. The maximum absolute atomic E-state index is 12.6. The van der Waals surface area contributed by atoms with Gasteiger partial charge in [0.05, 0.1) is 6.10 Å². The zero-order valence-corrected chi connectivity index (χ0v) is 17.3. The molecule has 0 aliphatic carbocycles. The number of carbonyl (C=O) groups excluding carboxylic acids is 1. The van der Waals surface area contributed by atoms with E-state index < -0.39 is 0 Å². The van der Waals surface area contributed by atoms with Gasteiger partial charge in [-0.3, -0.25) is 4.79 Å². The minimum atomic E-state index is -0.0968. The Labute approximate surface area is 163 Å². The van der Waals surface area contributed by atoms with Gasteiger partial charge in [0.25, 0.3) is 0 Å². The Morgan fingerprint density at radius 2 is 2.12 bits per heavy atom. The first-order valence-corrected chi connectivity index (χ1v) is 9.95. The van der Waals surface area contributed by atoms with Crippen LogP contribution in [-0.4, -0.2) is 50.7 Å². The standard InChI is InChI=1S/C21H33ClN2O2/c1-16(2)19-14-21(9-12-26-19,13-17-7-5-6-8-18(17)22)15-20(25)23-10-11-24(3)4/h5-8,16,19H,9-15H2,1-4H3,(H,23,25)/t19-,21+/m1/s1. The van der Waals surface area contributed by atoms with E-state index in [9.17, 15) is 4.79 Å². The molecular formula is C21H33ClN2O2. The van der Waals surface area contributed by atoms with E-state index in [0.717, 1.165) is 36.4 Å². The lowest BCUT2D eigenvalue weighted by atomic mass is 9.69. The fraction of sp³-hybridized carbons (Fsp3) is 0.667. The van der Waals surface area contributed by atoms with E-state index in [4.69, 9.17) is 16.3 Å². The SMILES string of the molecule is CC(C)[C@H]1C[C@@](CC(=O)NCCN(C)C)(Cc2ccccc2Cl)CCO1. The van der Waals surface area contributed by atoms with Gasteiger partial charge in [-0.25, -0.2) is 0 Å². The Morgan fingerprint density at radius 3 is 2.77 bits per heavy atom. The summed E-state index contributed by atoms with van der Waals surface area (Å²) in [6, 6.07) is 7.98. The van der Waals surface area contributed by atoms with Gasteiger partial charge >= 0.3 is 0 Å². The summed E-state index contributed by atoms with van der Waals surface area (Å²) in [5, 5.41) is 3.86. The van der Waals surface area contributed by atoms with Crippen LogP contribution in [0.25, 0.3) is 0 Å². The quantitative estimate of drug-likeness (QED) is 0.746. The molecule has 1 aromatic rings. The molecule has 2 atom stereocenters. The van der Waals surface area contributed by atoms with Crippen LogP contribution in [0.5, 0.6) is 0 Å². The molecule has 1 aliphatic rings. The third kappa shape index (κ3) is 6.26. The number of benzene rings is 1. The molecule has 2 rings (SSSR count). The molecule has 0 saturated carbocycles. The predicted molar refractivity (Wildman–Crippen MR) is 108 cm³/mol. The molecule has 1 fully saturated rings. The number of nitrogens with one attached hydrogen (secondary N) is 1. The van der Waals surface area contributed by atoms with Crippen molar-refractivity contribution < 1.29 is 9.53 Å².